The molecule has 0 radical (unpaired) electrons. The molecular formula is C19H25ClN2O2. The monoisotopic (exact) mass is 348 g/mol. The second-order valence-corrected chi connectivity index (χ2v) is 7.38. The van der Waals surface area contributed by atoms with Gasteiger partial charge in [0.1, 0.15) is 0 Å². The first-order valence-electron chi connectivity index (χ1n) is 8.94. The lowest BCUT2D eigenvalue weighted by atomic mass is 9.95. The van der Waals surface area contributed by atoms with Crippen LogP contribution in [0.1, 0.15) is 44.1 Å². The number of amides is 2. The summed E-state index contributed by atoms with van der Waals surface area (Å²) >= 11 is 5.87. The highest BCUT2D eigenvalue weighted by Crippen LogP contribution is 2.22. The summed E-state index contributed by atoms with van der Waals surface area (Å²) in [5.41, 5.74) is 0.977. The summed E-state index contributed by atoms with van der Waals surface area (Å²) in [7, 11) is 0. The molecule has 24 heavy (non-hydrogen) atoms. The average molecular weight is 349 g/mol. The SMILES string of the molecule is O=C(NC1CCCC1)C1CCN(C(=O)Cc2ccc(Cl)cc2)CC1. The van der Waals surface area contributed by atoms with Crippen LogP contribution in [0.25, 0.3) is 0 Å². The number of likely N-dealkylation sites (tertiary alicyclic amines) is 1. The summed E-state index contributed by atoms with van der Waals surface area (Å²) in [6, 6.07) is 7.78. The summed E-state index contributed by atoms with van der Waals surface area (Å²) < 4.78 is 0. The fraction of sp³-hybridized carbons (Fsp3) is 0.579. The molecule has 1 heterocycles. The van der Waals surface area contributed by atoms with Gasteiger partial charge < -0.3 is 10.2 Å². The molecule has 1 saturated carbocycles. The molecule has 1 N–H and O–H groups in total. The number of rotatable bonds is 4. The molecule has 0 bridgehead atoms. The lowest BCUT2D eigenvalue weighted by Crippen LogP contribution is -2.45. The molecule has 2 amide bonds. The summed E-state index contributed by atoms with van der Waals surface area (Å²) in [4.78, 5) is 26.6. The predicted octanol–water partition coefficient (Wildman–Crippen LogP) is 3.18. The lowest BCUT2D eigenvalue weighted by molar-refractivity contribution is -0.135. The zero-order valence-corrected chi connectivity index (χ0v) is 14.7. The van der Waals surface area contributed by atoms with E-state index in [9.17, 15) is 9.59 Å². The number of carbonyl (C=O) groups excluding carboxylic acids is 2. The second-order valence-electron chi connectivity index (χ2n) is 6.95. The van der Waals surface area contributed by atoms with Crippen LogP contribution in [0.3, 0.4) is 0 Å². The van der Waals surface area contributed by atoms with Crippen molar-refractivity contribution in [2.24, 2.45) is 5.92 Å². The zero-order chi connectivity index (χ0) is 16.9. The minimum atomic E-state index is 0.0604. The Kier molecular flexibility index (Phi) is 5.77. The molecule has 2 fully saturated rings. The standard InChI is InChI=1S/C19H25ClN2O2/c20-16-7-5-14(6-8-16)13-18(23)22-11-9-15(10-12-22)19(24)21-17-3-1-2-4-17/h5-8,15,17H,1-4,9-13H2,(H,21,24). The van der Waals surface area contributed by atoms with Crippen molar-refractivity contribution in [1.82, 2.24) is 10.2 Å². The molecule has 0 spiro atoms. The molecule has 5 heteroatoms. The number of carbonyl (C=O) groups is 2. The predicted molar refractivity (Wildman–Crippen MR) is 94.9 cm³/mol. The van der Waals surface area contributed by atoms with Crippen LogP contribution >= 0.6 is 11.6 Å². The molecule has 0 atom stereocenters. The molecular weight excluding hydrogens is 324 g/mol. The van der Waals surface area contributed by atoms with Crippen molar-refractivity contribution in [1.29, 1.82) is 0 Å². The zero-order valence-electron chi connectivity index (χ0n) is 14.0. The topological polar surface area (TPSA) is 49.4 Å². The Morgan fingerprint density at radius 2 is 1.67 bits per heavy atom. The maximum Gasteiger partial charge on any atom is 0.226 e. The minimum absolute atomic E-state index is 0.0604. The molecule has 1 aromatic rings. The number of hydrogen-bond acceptors (Lipinski definition) is 2. The molecule has 0 aromatic heterocycles. The van der Waals surface area contributed by atoms with E-state index in [2.05, 4.69) is 5.32 Å². The van der Waals surface area contributed by atoms with E-state index in [0.717, 1.165) is 31.2 Å². The van der Waals surface area contributed by atoms with Gasteiger partial charge in [0, 0.05) is 30.1 Å². The van der Waals surface area contributed by atoms with Crippen molar-refractivity contribution in [3.63, 3.8) is 0 Å². The third-order valence-electron chi connectivity index (χ3n) is 5.19. The highest BCUT2D eigenvalue weighted by atomic mass is 35.5. The Bertz CT molecular complexity index is 574. The third kappa shape index (κ3) is 4.50. The Balaban J connectivity index is 1.44. The van der Waals surface area contributed by atoms with E-state index >= 15 is 0 Å². The minimum Gasteiger partial charge on any atom is -0.353 e. The Morgan fingerprint density at radius 1 is 1.04 bits per heavy atom. The maximum absolute atomic E-state index is 12.4. The molecule has 1 aliphatic heterocycles. The van der Waals surface area contributed by atoms with E-state index in [1.54, 1.807) is 0 Å². The van der Waals surface area contributed by atoms with Crippen LogP contribution in [0.4, 0.5) is 0 Å². The first-order valence-corrected chi connectivity index (χ1v) is 9.32. The molecule has 1 aromatic carbocycles. The number of halogens is 1. The van der Waals surface area contributed by atoms with Crippen LogP contribution < -0.4 is 5.32 Å². The van der Waals surface area contributed by atoms with Gasteiger partial charge in [0.25, 0.3) is 0 Å². The maximum atomic E-state index is 12.4. The first kappa shape index (κ1) is 17.3. The van der Waals surface area contributed by atoms with Gasteiger partial charge in [-0.05, 0) is 43.4 Å². The first-order chi connectivity index (χ1) is 11.6. The molecule has 1 aliphatic carbocycles. The Morgan fingerprint density at radius 3 is 2.29 bits per heavy atom. The highest BCUT2D eigenvalue weighted by molar-refractivity contribution is 6.30. The van der Waals surface area contributed by atoms with E-state index in [4.69, 9.17) is 11.6 Å². The van der Waals surface area contributed by atoms with Crippen LogP contribution in [-0.2, 0) is 16.0 Å². The fourth-order valence-electron chi connectivity index (χ4n) is 3.67. The molecule has 2 aliphatic rings. The van der Waals surface area contributed by atoms with Gasteiger partial charge in [-0.3, -0.25) is 9.59 Å². The Hall–Kier alpha value is -1.55. The van der Waals surface area contributed by atoms with E-state index in [-0.39, 0.29) is 17.7 Å². The third-order valence-corrected chi connectivity index (χ3v) is 5.44. The Labute approximate surface area is 148 Å². The highest BCUT2D eigenvalue weighted by Gasteiger charge is 2.29. The molecule has 4 nitrogen and oxygen atoms in total. The van der Waals surface area contributed by atoms with Gasteiger partial charge in [0.05, 0.1) is 6.42 Å². The molecule has 0 unspecified atom stereocenters. The van der Waals surface area contributed by atoms with E-state index in [1.807, 2.05) is 29.2 Å². The fourth-order valence-corrected chi connectivity index (χ4v) is 3.79. The van der Waals surface area contributed by atoms with Gasteiger partial charge in [-0.2, -0.15) is 0 Å². The van der Waals surface area contributed by atoms with Crippen molar-refractivity contribution in [3.8, 4) is 0 Å². The molecule has 3 rings (SSSR count). The van der Waals surface area contributed by atoms with Gasteiger partial charge in [0.2, 0.25) is 11.8 Å². The largest absolute Gasteiger partial charge is 0.353 e. The van der Waals surface area contributed by atoms with Crippen molar-refractivity contribution in [2.45, 2.75) is 51.0 Å². The van der Waals surface area contributed by atoms with E-state index < -0.39 is 0 Å². The quantitative estimate of drug-likeness (QED) is 0.908. The van der Waals surface area contributed by atoms with Gasteiger partial charge in [-0.15, -0.1) is 0 Å². The van der Waals surface area contributed by atoms with Gasteiger partial charge in [-0.25, -0.2) is 0 Å². The summed E-state index contributed by atoms with van der Waals surface area (Å²) in [5, 5.41) is 3.86. The van der Waals surface area contributed by atoms with Crippen LogP contribution in [0.5, 0.6) is 0 Å². The smallest absolute Gasteiger partial charge is 0.226 e. The number of piperidine rings is 1. The van der Waals surface area contributed by atoms with Crippen molar-refractivity contribution in [2.75, 3.05) is 13.1 Å². The van der Waals surface area contributed by atoms with Crippen LogP contribution in [0, 0.1) is 5.92 Å². The number of benzene rings is 1. The molecule has 1 saturated heterocycles. The van der Waals surface area contributed by atoms with Crippen molar-refractivity contribution in [3.05, 3.63) is 34.9 Å². The average Bonchev–Trinajstić information content (AvgIpc) is 3.10. The van der Waals surface area contributed by atoms with E-state index in [1.165, 1.54) is 12.8 Å². The molecule has 130 valence electrons. The van der Waals surface area contributed by atoms with Crippen LogP contribution in [0.15, 0.2) is 24.3 Å². The van der Waals surface area contributed by atoms with Gasteiger partial charge in [0.15, 0.2) is 0 Å². The van der Waals surface area contributed by atoms with E-state index in [0.29, 0.717) is 30.6 Å². The summed E-state index contributed by atoms with van der Waals surface area (Å²) in [6.45, 7) is 1.35. The van der Waals surface area contributed by atoms with Gasteiger partial charge in [-0.1, -0.05) is 36.6 Å². The number of nitrogens with one attached hydrogen (secondary N) is 1. The number of hydrogen-bond donors (Lipinski definition) is 1. The lowest BCUT2D eigenvalue weighted by Gasteiger charge is -2.32. The second kappa shape index (κ2) is 8.02. The van der Waals surface area contributed by atoms with Crippen LogP contribution in [-0.4, -0.2) is 35.8 Å². The van der Waals surface area contributed by atoms with Gasteiger partial charge >= 0.3 is 0 Å². The summed E-state index contributed by atoms with van der Waals surface area (Å²) in [5.74, 6) is 0.379. The summed E-state index contributed by atoms with van der Waals surface area (Å²) in [6.07, 6.45) is 6.62. The van der Waals surface area contributed by atoms with Crippen LogP contribution in [0.2, 0.25) is 5.02 Å². The normalized spacial score (nSPS) is 19.5. The van der Waals surface area contributed by atoms with Crippen molar-refractivity contribution < 1.29 is 9.59 Å². The number of nitrogens with zero attached hydrogens (tertiary/aromatic N) is 1. The van der Waals surface area contributed by atoms with Crippen molar-refractivity contribution >= 4 is 23.4 Å².